The highest BCUT2D eigenvalue weighted by molar-refractivity contribution is 5.67. The Balaban J connectivity index is 2.17. The summed E-state index contributed by atoms with van der Waals surface area (Å²) < 4.78 is 5.13. The van der Waals surface area contributed by atoms with E-state index in [0.717, 1.165) is 5.69 Å². The van der Waals surface area contributed by atoms with Crippen molar-refractivity contribution in [1.82, 2.24) is 15.6 Å². The number of carbonyl (C=O) groups is 1. The molecule has 0 bridgehead atoms. The van der Waals surface area contributed by atoms with Gasteiger partial charge in [0.1, 0.15) is 5.60 Å². The molecule has 0 fully saturated rings. The summed E-state index contributed by atoms with van der Waals surface area (Å²) >= 11 is 0. The number of rotatable bonds is 6. The summed E-state index contributed by atoms with van der Waals surface area (Å²) in [5.41, 5.74) is 0.547. The van der Waals surface area contributed by atoms with Gasteiger partial charge in [-0.2, -0.15) is 0 Å². The summed E-state index contributed by atoms with van der Waals surface area (Å²) in [6.07, 6.45) is 5.24. The van der Waals surface area contributed by atoms with Crippen molar-refractivity contribution in [3.05, 3.63) is 42.2 Å². The number of nitrogens with zero attached hydrogens (tertiary/aromatic N) is 1. The van der Waals surface area contributed by atoms with E-state index in [0.29, 0.717) is 13.1 Å². The summed E-state index contributed by atoms with van der Waals surface area (Å²) in [4.78, 5) is 15.7. The largest absolute Gasteiger partial charge is 0.444 e. The van der Waals surface area contributed by atoms with Crippen LogP contribution in [0.3, 0.4) is 0 Å². The predicted molar refractivity (Wildman–Crippen MR) is 84.0 cm³/mol. The Kier molecular flexibility index (Phi) is 6.88. The van der Waals surface area contributed by atoms with Crippen molar-refractivity contribution in [2.45, 2.75) is 39.3 Å². The van der Waals surface area contributed by atoms with Crippen molar-refractivity contribution in [2.24, 2.45) is 0 Å². The summed E-state index contributed by atoms with van der Waals surface area (Å²) in [5, 5.41) is 6.00. The van der Waals surface area contributed by atoms with Gasteiger partial charge < -0.3 is 15.4 Å². The summed E-state index contributed by atoms with van der Waals surface area (Å²) in [5.74, 6) is 0. The normalized spacial score (nSPS) is 13.1. The number of hydrogen-bond donors (Lipinski definition) is 2. The second kappa shape index (κ2) is 8.42. The quantitative estimate of drug-likeness (QED) is 0.791. The SMILES string of the molecule is CC(NC/C=C/CNC(=O)OC(C)(C)C)c1ccccn1. The van der Waals surface area contributed by atoms with Gasteiger partial charge in [0.25, 0.3) is 0 Å². The van der Waals surface area contributed by atoms with Gasteiger partial charge in [0.05, 0.1) is 5.69 Å². The number of hydrogen-bond acceptors (Lipinski definition) is 4. The third kappa shape index (κ3) is 8.09. The van der Waals surface area contributed by atoms with Crippen LogP contribution < -0.4 is 10.6 Å². The highest BCUT2D eigenvalue weighted by Crippen LogP contribution is 2.07. The van der Waals surface area contributed by atoms with Crippen LogP contribution in [0.15, 0.2) is 36.5 Å². The first-order valence-corrected chi connectivity index (χ1v) is 7.14. The van der Waals surface area contributed by atoms with Gasteiger partial charge in [0.2, 0.25) is 0 Å². The minimum absolute atomic E-state index is 0.190. The average Bonchev–Trinajstić information content (AvgIpc) is 2.41. The van der Waals surface area contributed by atoms with Crippen LogP contribution >= 0.6 is 0 Å². The molecule has 1 unspecified atom stereocenters. The molecule has 1 aromatic rings. The Bertz CT molecular complexity index is 452. The van der Waals surface area contributed by atoms with Gasteiger partial charge in [-0.1, -0.05) is 18.2 Å². The summed E-state index contributed by atoms with van der Waals surface area (Å²) in [6.45, 7) is 8.75. The van der Waals surface area contributed by atoms with E-state index in [2.05, 4.69) is 22.5 Å². The first-order valence-electron chi connectivity index (χ1n) is 7.14. The van der Waals surface area contributed by atoms with Crippen molar-refractivity contribution in [3.8, 4) is 0 Å². The van der Waals surface area contributed by atoms with E-state index in [4.69, 9.17) is 4.74 Å². The zero-order valence-electron chi connectivity index (χ0n) is 13.2. The van der Waals surface area contributed by atoms with Crippen LogP contribution in [0.4, 0.5) is 4.79 Å². The van der Waals surface area contributed by atoms with Crippen LogP contribution in [-0.2, 0) is 4.74 Å². The maximum atomic E-state index is 11.4. The van der Waals surface area contributed by atoms with E-state index in [1.165, 1.54) is 0 Å². The number of alkyl carbamates (subject to hydrolysis) is 1. The number of aromatic nitrogens is 1. The van der Waals surface area contributed by atoms with Crippen LogP contribution in [0.1, 0.15) is 39.4 Å². The van der Waals surface area contributed by atoms with Crippen LogP contribution in [0, 0.1) is 0 Å². The highest BCUT2D eigenvalue weighted by Gasteiger charge is 2.14. The molecule has 0 spiro atoms. The number of nitrogens with one attached hydrogen (secondary N) is 2. The number of carbonyl (C=O) groups excluding carboxylic acids is 1. The van der Waals surface area contributed by atoms with E-state index in [1.807, 2.05) is 51.1 Å². The fraction of sp³-hybridized carbons (Fsp3) is 0.500. The van der Waals surface area contributed by atoms with Crippen LogP contribution in [0.5, 0.6) is 0 Å². The van der Waals surface area contributed by atoms with Gasteiger partial charge in [-0.3, -0.25) is 4.98 Å². The summed E-state index contributed by atoms with van der Waals surface area (Å²) in [7, 11) is 0. The maximum Gasteiger partial charge on any atom is 0.407 e. The van der Waals surface area contributed by atoms with E-state index >= 15 is 0 Å². The molecule has 0 aromatic carbocycles. The van der Waals surface area contributed by atoms with Crippen molar-refractivity contribution in [2.75, 3.05) is 13.1 Å². The fourth-order valence-electron chi connectivity index (χ4n) is 1.60. The molecule has 5 nitrogen and oxygen atoms in total. The van der Waals surface area contributed by atoms with Crippen molar-refractivity contribution >= 4 is 6.09 Å². The van der Waals surface area contributed by atoms with Crippen molar-refractivity contribution < 1.29 is 9.53 Å². The molecular formula is C16H25N3O2. The molecule has 21 heavy (non-hydrogen) atoms. The maximum absolute atomic E-state index is 11.4. The predicted octanol–water partition coefficient (Wildman–Crippen LogP) is 2.81. The molecule has 0 saturated carbocycles. The second-order valence-corrected chi connectivity index (χ2v) is 5.74. The standard InChI is InChI=1S/C16H25N3O2/c1-13(14-9-5-6-11-18-14)17-10-7-8-12-19-15(20)21-16(2,3)4/h5-9,11,13,17H,10,12H2,1-4H3,(H,19,20)/b8-7+. The molecule has 1 amide bonds. The molecule has 0 saturated heterocycles. The minimum Gasteiger partial charge on any atom is -0.444 e. The van der Waals surface area contributed by atoms with E-state index < -0.39 is 11.7 Å². The first kappa shape index (κ1) is 17.2. The molecule has 1 rings (SSSR count). The summed E-state index contributed by atoms with van der Waals surface area (Å²) in [6, 6.07) is 6.06. The van der Waals surface area contributed by atoms with E-state index in [9.17, 15) is 4.79 Å². The van der Waals surface area contributed by atoms with Crippen LogP contribution in [0.25, 0.3) is 0 Å². The Morgan fingerprint density at radius 2 is 2.05 bits per heavy atom. The van der Waals surface area contributed by atoms with Crippen molar-refractivity contribution in [3.63, 3.8) is 0 Å². The molecule has 116 valence electrons. The third-order valence-electron chi connectivity index (χ3n) is 2.60. The number of ether oxygens (including phenoxy) is 1. The lowest BCUT2D eigenvalue weighted by atomic mass is 10.2. The molecule has 0 radical (unpaired) electrons. The fourth-order valence-corrected chi connectivity index (χ4v) is 1.60. The molecule has 1 atom stereocenters. The third-order valence-corrected chi connectivity index (χ3v) is 2.60. The van der Waals surface area contributed by atoms with Gasteiger partial charge in [-0.15, -0.1) is 0 Å². The molecule has 0 aliphatic rings. The van der Waals surface area contributed by atoms with Crippen LogP contribution in [0.2, 0.25) is 0 Å². The zero-order chi connectivity index (χ0) is 15.7. The topological polar surface area (TPSA) is 63.2 Å². The molecule has 1 aromatic heterocycles. The molecule has 0 aliphatic heterocycles. The van der Waals surface area contributed by atoms with Gasteiger partial charge in [0, 0.05) is 25.3 Å². The Morgan fingerprint density at radius 3 is 2.67 bits per heavy atom. The smallest absolute Gasteiger partial charge is 0.407 e. The highest BCUT2D eigenvalue weighted by atomic mass is 16.6. The molecule has 0 aliphatic carbocycles. The lowest BCUT2D eigenvalue weighted by Crippen LogP contribution is -2.32. The Morgan fingerprint density at radius 1 is 1.33 bits per heavy atom. The molecular weight excluding hydrogens is 266 g/mol. The number of amides is 1. The molecule has 5 heteroatoms. The van der Waals surface area contributed by atoms with Gasteiger partial charge in [-0.05, 0) is 39.8 Å². The Labute approximate surface area is 126 Å². The first-order chi connectivity index (χ1) is 9.88. The lowest BCUT2D eigenvalue weighted by Gasteiger charge is -2.19. The molecule has 1 heterocycles. The van der Waals surface area contributed by atoms with E-state index in [-0.39, 0.29) is 6.04 Å². The monoisotopic (exact) mass is 291 g/mol. The molecule has 2 N–H and O–H groups in total. The van der Waals surface area contributed by atoms with Gasteiger partial charge in [-0.25, -0.2) is 4.79 Å². The van der Waals surface area contributed by atoms with Gasteiger partial charge >= 0.3 is 6.09 Å². The van der Waals surface area contributed by atoms with E-state index in [1.54, 1.807) is 6.20 Å². The second-order valence-electron chi connectivity index (χ2n) is 5.74. The van der Waals surface area contributed by atoms with Crippen molar-refractivity contribution in [1.29, 1.82) is 0 Å². The minimum atomic E-state index is -0.465. The van der Waals surface area contributed by atoms with Gasteiger partial charge in [0.15, 0.2) is 0 Å². The lowest BCUT2D eigenvalue weighted by molar-refractivity contribution is 0.0534. The average molecular weight is 291 g/mol. The number of pyridine rings is 1. The van der Waals surface area contributed by atoms with Crippen LogP contribution in [-0.4, -0.2) is 29.8 Å². The Hall–Kier alpha value is -1.88. The zero-order valence-corrected chi connectivity index (χ0v) is 13.2.